The summed E-state index contributed by atoms with van der Waals surface area (Å²) in [5.41, 5.74) is 2.62. The molecule has 0 radical (unpaired) electrons. The number of aromatic nitrogens is 2. The van der Waals surface area contributed by atoms with E-state index >= 15 is 0 Å². The standard InChI is InChI=1S/C13H14N4O2/c1-3-16-9-11(8-15-16)7-14-12-4-5-13(17(18)19)10(2)6-12/h3-6,8-9,14H,1,7H2,2H3. The Morgan fingerprint density at radius 3 is 2.95 bits per heavy atom. The first-order chi connectivity index (χ1) is 9.10. The van der Waals surface area contributed by atoms with E-state index in [0.29, 0.717) is 12.1 Å². The number of aryl methyl sites for hydroxylation is 1. The Morgan fingerprint density at radius 1 is 1.58 bits per heavy atom. The number of benzene rings is 1. The molecular weight excluding hydrogens is 244 g/mol. The molecule has 0 saturated carbocycles. The molecule has 2 rings (SSSR count). The molecule has 0 aliphatic rings. The van der Waals surface area contributed by atoms with Gasteiger partial charge in [-0.05, 0) is 19.1 Å². The molecule has 0 aliphatic heterocycles. The maximum Gasteiger partial charge on any atom is 0.272 e. The van der Waals surface area contributed by atoms with Crippen LogP contribution >= 0.6 is 0 Å². The Morgan fingerprint density at radius 2 is 2.37 bits per heavy atom. The number of hydrogen-bond acceptors (Lipinski definition) is 4. The lowest BCUT2D eigenvalue weighted by molar-refractivity contribution is -0.385. The lowest BCUT2D eigenvalue weighted by Gasteiger charge is -2.06. The van der Waals surface area contributed by atoms with Gasteiger partial charge in [0.1, 0.15) is 0 Å². The average Bonchev–Trinajstić information content (AvgIpc) is 2.84. The highest BCUT2D eigenvalue weighted by atomic mass is 16.6. The number of nitro benzene ring substituents is 1. The molecule has 0 spiro atoms. The molecule has 0 saturated heterocycles. The SMILES string of the molecule is C=Cn1cc(CNc2ccc([N+](=O)[O-])c(C)c2)cn1. The zero-order chi connectivity index (χ0) is 13.8. The smallest absolute Gasteiger partial charge is 0.272 e. The first kappa shape index (κ1) is 12.8. The minimum absolute atomic E-state index is 0.130. The van der Waals surface area contributed by atoms with Gasteiger partial charge in [0.25, 0.3) is 5.69 Å². The monoisotopic (exact) mass is 258 g/mol. The van der Waals surface area contributed by atoms with Crippen molar-refractivity contribution in [2.24, 2.45) is 0 Å². The highest BCUT2D eigenvalue weighted by Gasteiger charge is 2.09. The zero-order valence-corrected chi connectivity index (χ0v) is 10.5. The van der Waals surface area contributed by atoms with Crippen molar-refractivity contribution < 1.29 is 4.92 Å². The van der Waals surface area contributed by atoms with Gasteiger partial charge in [0.2, 0.25) is 0 Å². The van der Waals surface area contributed by atoms with E-state index in [9.17, 15) is 10.1 Å². The Bertz CT molecular complexity index is 619. The first-order valence-corrected chi connectivity index (χ1v) is 5.74. The van der Waals surface area contributed by atoms with Crippen LogP contribution in [0.3, 0.4) is 0 Å². The zero-order valence-electron chi connectivity index (χ0n) is 10.5. The number of nitrogens with one attached hydrogen (secondary N) is 1. The second kappa shape index (κ2) is 5.34. The van der Waals surface area contributed by atoms with Gasteiger partial charge in [-0.2, -0.15) is 5.10 Å². The van der Waals surface area contributed by atoms with Crippen LogP contribution in [0.25, 0.3) is 6.20 Å². The van der Waals surface area contributed by atoms with Crippen LogP contribution in [0.15, 0.2) is 37.2 Å². The van der Waals surface area contributed by atoms with E-state index in [4.69, 9.17) is 0 Å². The molecule has 1 aromatic heterocycles. The largest absolute Gasteiger partial charge is 0.381 e. The van der Waals surface area contributed by atoms with Crippen molar-refractivity contribution in [3.05, 3.63) is 58.4 Å². The van der Waals surface area contributed by atoms with Gasteiger partial charge in [0.05, 0.1) is 11.1 Å². The molecule has 0 amide bonds. The molecule has 0 bridgehead atoms. The van der Waals surface area contributed by atoms with E-state index < -0.39 is 0 Å². The summed E-state index contributed by atoms with van der Waals surface area (Å²) in [7, 11) is 0. The predicted molar refractivity (Wildman–Crippen MR) is 73.8 cm³/mol. The fraction of sp³-hybridized carbons (Fsp3) is 0.154. The lowest BCUT2D eigenvalue weighted by atomic mass is 10.2. The summed E-state index contributed by atoms with van der Waals surface area (Å²) in [6.45, 7) is 5.94. The van der Waals surface area contributed by atoms with Crippen molar-refractivity contribution >= 4 is 17.6 Å². The van der Waals surface area contributed by atoms with Gasteiger partial charge in [0, 0.05) is 41.8 Å². The normalized spacial score (nSPS) is 10.2. The molecule has 2 aromatic rings. The van der Waals surface area contributed by atoms with Crippen LogP contribution in [-0.4, -0.2) is 14.7 Å². The second-order valence-electron chi connectivity index (χ2n) is 4.12. The molecule has 0 unspecified atom stereocenters. The third-order valence-corrected chi connectivity index (χ3v) is 2.73. The van der Waals surface area contributed by atoms with E-state index in [0.717, 1.165) is 11.3 Å². The number of nitro groups is 1. The second-order valence-corrected chi connectivity index (χ2v) is 4.12. The minimum Gasteiger partial charge on any atom is -0.381 e. The van der Waals surface area contributed by atoms with Gasteiger partial charge in [-0.1, -0.05) is 6.58 Å². The van der Waals surface area contributed by atoms with Crippen molar-refractivity contribution in [3.8, 4) is 0 Å². The summed E-state index contributed by atoms with van der Waals surface area (Å²) in [6, 6.07) is 4.96. The van der Waals surface area contributed by atoms with Crippen LogP contribution in [0.5, 0.6) is 0 Å². The van der Waals surface area contributed by atoms with Crippen molar-refractivity contribution in [1.29, 1.82) is 0 Å². The van der Waals surface area contributed by atoms with Gasteiger partial charge in [-0.25, -0.2) is 4.68 Å². The summed E-state index contributed by atoms with van der Waals surface area (Å²) < 4.78 is 1.62. The number of hydrogen-bond donors (Lipinski definition) is 1. The van der Waals surface area contributed by atoms with Gasteiger partial charge < -0.3 is 5.32 Å². The minimum atomic E-state index is -0.382. The van der Waals surface area contributed by atoms with E-state index in [1.165, 1.54) is 6.07 Å². The molecule has 0 atom stereocenters. The quantitative estimate of drug-likeness (QED) is 0.661. The van der Waals surface area contributed by atoms with Crippen molar-refractivity contribution in [2.45, 2.75) is 13.5 Å². The Labute approximate surface area is 110 Å². The van der Waals surface area contributed by atoms with Crippen LogP contribution in [0, 0.1) is 17.0 Å². The van der Waals surface area contributed by atoms with Crippen LogP contribution in [0.4, 0.5) is 11.4 Å². The summed E-state index contributed by atoms with van der Waals surface area (Å²) in [5.74, 6) is 0. The summed E-state index contributed by atoms with van der Waals surface area (Å²) in [5, 5.41) is 18.0. The summed E-state index contributed by atoms with van der Waals surface area (Å²) >= 11 is 0. The highest BCUT2D eigenvalue weighted by molar-refractivity contribution is 5.53. The molecule has 6 heteroatoms. The summed E-state index contributed by atoms with van der Waals surface area (Å²) in [4.78, 5) is 10.3. The molecule has 1 aromatic carbocycles. The van der Waals surface area contributed by atoms with Crippen LogP contribution in [0.2, 0.25) is 0 Å². The Balaban J connectivity index is 2.05. The predicted octanol–water partition coefficient (Wildman–Crippen LogP) is 2.81. The van der Waals surface area contributed by atoms with E-state index in [1.807, 2.05) is 6.20 Å². The third kappa shape index (κ3) is 2.98. The van der Waals surface area contributed by atoms with Crippen LogP contribution < -0.4 is 5.32 Å². The molecule has 1 heterocycles. The lowest BCUT2D eigenvalue weighted by Crippen LogP contribution is -1.99. The fourth-order valence-electron chi connectivity index (χ4n) is 1.74. The van der Waals surface area contributed by atoms with Gasteiger partial charge in [-0.15, -0.1) is 0 Å². The Hall–Kier alpha value is -2.63. The summed E-state index contributed by atoms with van der Waals surface area (Å²) in [6.07, 6.45) is 5.21. The molecule has 0 fully saturated rings. The van der Waals surface area contributed by atoms with Crippen LogP contribution in [-0.2, 0) is 6.54 Å². The van der Waals surface area contributed by atoms with E-state index in [-0.39, 0.29) is 10.6 Å². The number of anilines is 1. The fourth-order valence-corrected chi connectivity index (χ4v) is 1.74. The van der Waals surface area contributed by atoms with Crippen LogP contribution in [0.1, 0.15) is 11.1 Å². The average molecular weight is 258 g/mol. The van der Waals surface area contributed by atoms with E-state index in [1.54, 1.807) is 36.1 Å². The highest BCUT2D eigenvalue weighted by Crippen LogP contribution is 2.21. The van der Waals surface area contributed by atoms with Gasteiger partial charge in [0.15, 0.2) is 0 Å². The number of rotatable bonds is 5. The third-order valence-electron chi connectivity index (χ3n) is 2.73. The van der Waals surface area contributed by atoms with E-state index in [2.05, 4.69) is 17.0 Å². The molecule has 1 N–H and O–H groups in total. The van der Waals surface area contributed by atoms with Crippen molar-refractivity contribution in [1.82, 2.24) is 9.78 Å². The van der Waals surface area contributed by atoms with Gasteiger partial charge in [-0.3, -0.25) is 10.1 Å². The topological polar surface area (TPSA) is 73.0 Å². The maximum atomic E-state index is 10.7. The molecule has 0 aliphatic carbocycles. The number of nitrogens with zero attached hydrogens (tertiary/aromatic N) is 3. The molecule has 98 valence electrons. The van der Waals surface area contributed by atoms with Crippen molar-refractivity contribution in [3.63, 3.8) is 0 Å². The first-order valence-electron chi connectivity index (χ1n) is 5.74. The Kier molecular flexibility index (Phi) is 3.61. The van der Waals surface area contributed by atoms with Gasteiger partial charge >= 0.3 is 0 Å². The molecule has 19 heavy (non-hydrogen) atoms. The maximum absolute atomic E-state index is 10.7. The molecular formula is C13H14N4O2. The molecule has 6 nitrogen and oxygen atoms in total. The van der Waals surface area contributed by atoms with Crippen molar-refractivity contribution in [2.75, 3.05) is 5.32 Å².